The van der Waals surface area contributed by atoms with Crippen LogP contribution in [-0.4, -0.2) is 24.4 Å². The van der Waals surface area contributed by atoms with Crippen LogP contribution in [-0.2, 0) is 9.53 Å². The van der Waals surface area contributed by atoms with Crippen LogP contribution in [0.1, 0.15) is 34.1 Å². The van der Waals surface area contributed by atoms with Crippen molar-refractivity contribution in [3.63, 3.8) is 0 Å². The molecule has 0 fully saturated rings. The average molecular weight is 326 g/mol. The molecule has 0 saturated carbocycles. The molecule has 1 rings (SSSR count). The molecule has 120 valence electrons. The monoisotopic (exact) mass is 325 g/mol. The number of amides is 1. The van der Waals surface area contributed by atoms with Gasteiger partial charge in [-0.25, -0.2) is 4.79 Å². The van der Waals surface area contributed by atoms with Crippen molar-refractivity contribution in [3.8, 4) is 5.75 Å². The quantitative estimate of drug-likeness (QED) is 0.612. The minimum absolute atomic E-state index is 0.0486. The third kappa shape index (κ3) is 6.26. The first-order valence-electron chi connectivity index (χ1n) is 6.93. The number of nitrogens with zero attached hydrogens (tertiary/aromatic N) is 1. The van der Waals surface area contributed by atoms with Gasteiger partial charge in [0.15, 0.2) is 0 Å². The Morgan fingerprint density at radius 2 is 1.77 bits per heavy atom. The lowest BCUT2D eigenvalue weighted by Gasteiger charge is -2.17. The molecule has 0 radical (unpaired) electrons. The number of hydrogen-bond donors (Lipinski definition) is 0. The number of ether oxygens (including phenoxy) is 2. The van der Waals surface area contributed by atoms with E-state index in [4.69, 9.17) is 21.1 Å². The van der Waals surface area contributed by atoms with E-state index in [1.165, 1.54) is 0 Å². The highest BCUT2D eigenvalue weighted by molar-refractivity contribution is 6.30. The Morgan fingerprint density at radius 3 is 2.27 bits per heavy atom. The molecule has 0 aliphatic heterocycles. The Kier molecular flexibility index (Phi) is 6.56. The third-order valence-corrected chi connectivity index (χ3v) is 2.95. The van der Waals surface area contributed by atoms with Gasteiger partial charge in [0.1, 0.15) is 11.5 Å². The molecule has 0 unspecified atom stereocenters. The molecule has 22 heavy (non-hydrogen) atoms. The maximum absolute atomic E-state index is 12.0. The highest BCUT2D eigenvalue weighted by Crippen LogP contribution is 2.18. The molecule has 0 bridgehead atoms. The van der Waals surface area contributed by atoms with Crippen molar-refractivity contribution in [2.24, 2.45) is 10.4 Å². The minimum Gasteiger partial charge on any atom is -0.481 e. The van der Waals surface area contributed by atoms with Crippen LogP contribution >= 0.6 is 11.6 Å². The molecule has 0 atom stereocenters. The summed E-state index contributed by atoms with van der Waals surface area (Å²) in [5.41, 5.74) is -0.530. The number of Topliss-reactive ketones (excluding diaryl/α,β-unsaturated/α-hetero) is 1. The second-order valence-corrected chi connectivity index (χ2v) is 6.05. The van der Waals surface area contributed by atoms with Crippen molar-refractivity contribution in [2.45, 2.75) is 34.1 Å². The summed E-state index contributed by atoms with van der Waals surface area (Å²) in [5, 5.41) is 0.536. The summed E-state index contributed by atoms with van der Waals surface area (Å²) in [6, 6.07) is 6.30. The summed E-state index contributed by atoms with van der Waals surface area (Å²) in [5.74, 6) is 0.302. The van der Waals surface area contributed by atoms with Crippen LogP contribution < -0.4 is 4.74 Å². The number of carbonyl (C=O) groups excluding carboxylic acids is 2. The second kappa shape index (κ2) is 7.94. The fraction of sp³-hybridized carbons (Fsp3) is 0.438. The van der Waals surface area contributed by atoms with Crippen LogP contribution in [0, 0.1) is 5.41 Å². The Morgan fingerprint density at radius 1 is 1.18 bits per heavy atom. The number of carbonyl (C=O) groups is 2. The molecule has 0 aliphatic carbocycles. The summed E-state index contributed by atoms with van der Waals surface area (Å²) >= 11 is 5.75. The van der Waals surface area contributed by atoms with Crippen molar-refractivity contribution < 1.29 is 19.1 Å². The number of aliphatic imine (C=N–C) groups is 1. The highest BCUT2D eigenvalue weighted by atomic mass is 35.5. The van der Waals surface area contributed by atoms with Gasteiger partial charge in [0.2, 0.25) is 5.90 Å². The van der Waals surface area contributed by atoms with Gasteiger partial charge in [-0.2, -0.15) is 0 Å². The van der Waals surface area contributed by atoms with Crippen LogP contribution in [0.2, 0.25) is 5.02 Å². The standard InChI is InChI=1S/C16H20ClNO4/c1-5-21-14(10-13(19)16(2,3)4)18-15(20)22-12-8-6-11(17)7-9-12/h6-9H,5,10H2,1-4H3/b18-14+. The molecule has 1 aromatic carbocycles. The Hall–Kier alpha value is -1.88. The zero-order valence-corrected chi connectivity index (χ0v) is 13.9. The van der Waals surface area contributed by atoms with Crippen LogP contribution in [0.4, 0.5) is 4.79 Å². The summed E-state index contributed by atoms with van der Waals surface area (Å²) in [6.07, 6.45) is -0.889. The Labute approximate surface area is 135 Å². The molecule has 5 nitrogen and oxygen atoms in total. The van der Waals surface area contributed by atoms with Gasteiger partial charge in [-0.1, -0.05) is 32.4 Å². The number of rotatable bonds is 4. The summed E-state index contributed by atoms with van der Waals surface area (Å²) in [4.78, 5) is 27.5. The second-order valence-electron chi connectivity index (χ2n) is 5.61. The average Bonchev–Trinajstić information content (AvgIpc) is 2.40. The van der Waals surface area contributed by atoms with Crippen molar-refractivity contribution >= 4 is 29.4 Å². The van der Waals surface area contributed by atoms with Gasteiger partial charge >= 0.3 is 6.09 Å². The number of hydrogen-bond acceptors (Lipinski definition) is 4. The van der Waals surface area contributed by atoms with E-state index in [0.29, 0.717) is 17.4 Å². The van der Waals surface area contributed by atoms with E-state index in [2.05, 4.69) is 4.99 Å². The Balaban J connectivity index is 2.77. The number of benzene rings is 1. The first-order valence-corrected chi connectivity index (χ1v) is 7.31. The summed E-state index contributed by atoms with van der Waals surface area (Å²) in [7, 11) is 0. The van der Waals surface area contributed by atoms with Crippen molar-refractivity contribution in [1.82, 2.24) is 0 Å². The van der Waals surface area contributed by atoms with Crippen LogP contribution in [0.25, 0.3) is 0 Å². The van der Waals surface area contributed by atoms with E-state index >= 15 is 0 Å². The zero-order chi connectivity index (χ0) is 16.8. The first kappa shape index (κ1) is 18.2. The Bertz CT molecular complexity index is 559. The van der Waals surface area contributed by atoms with E-state index in [9.17, 15) is 9.59 Å². The van der Waals surface area contributed by atoms with Gasteiger partial charge in [-0.15, -0.1) is 4.99 Å². The van der Waals surface area contributed by atoms with E-state index in [1.54, 1.807) is 52.0 Å². The zero-order valence-electron chi connectivity index (χ0n) is 13.2. The van der Waals surface area contributed by atoms with E-state index in [-0.39, 0.29) is 18.1 Å². The highest BCUT2D eigenvalue weighted by Gasteiger charge is 2.24. The van der Waals surface area contributed by atoms with Crippen molar-refractivity contribution in [3.05, 3.63) is 29.3 Å². The molecule has 0 aliphatic rings. The van der Waals surface area contributed by atoms with Gasteiger partial charge in [-0.3, -0.25) is 4.79 Å². The third-order valence-electron chi connectivity index (χ3n) is 2.69. The van der Waals surface area contributed by atoms with Crippen LogP contribution in [0.3, 0.4) is 0 Å². The van der Waals surface area contributed by atoms with Gasteiger partial charge in [0.05, 0.1) is 13.0 Å². The molecule has 0 N–H and O–H groups in total. The predicted octanol–water partition coefficient (Wildman–Crippen LogP) is 4.28. The minimum atomic E-state index is -0.840. The lowest BCUT2D eigenvalue weighted by molar-refractivity contribution is -0.125. The maximum atomic E-state index is 12.0. The van der Waals surface area contributed by atoms with Crippen molar-refractivity contribution in [2.75, 3.05) is 6.61 Å². The summed E-state index contributed by atoms with van der Waals surface area (Å²) in [6.45, 7) is 7.45. The molecule has 0 heterocycles. The fourth-order valence-electron chi connectivity index (χ4n) is 1.42. The lowest BCUT2D eigenvalue weighted by Crippen LogP contribution is -2.25. The molecule has 1 amide bonds. The predicted molar refractivity (Wildman–Crippen MR) is 85.6 cm³/mol. The molecule has 0 saturated heterocycles. The molecular weight excluding hydrogens is 306 g/mol. The van der Waals surface area contributed by atoms with Gasteiger partial charge in [0.25, 0.3) is 0 Å². The van der Waals surface area contributed by atoms with E-state index < -0.39 is 11.5 Å². The topological polar surface area (TPSA) is 65.0 Å². The largest absolute Gasteiger partial charge is 0.481 e. The lowest BCUT2D eigenvalue weighted by atomic mass is 9.89. The normalized spacial score (nSPS) is 12.0. The number of ketones is 1. The fourth-order valence-corrected chi connectivity index (χ4v) is 1.55. The van der Waals surface area contributed by atoms with Crippen molar-refractivity contribution in [1.29, 1.82) is 0 Å². The van der Waals surface area contributed by atoms with Crippen LogP contribution in [0.15, 0.2) is 29.3 Å². The summed E-state index contributed by atoms with van der Waals surface area (Å²) < 4.78 is 10.3. The van der Waals surface area contributed by atoms with Gasteiger partial charge in [0, 0.05) is 10.4 Å². The number of halogens is 1. The van der Waals surface area contributed by atoms with Gasteiger partial charge in [-0.05, 0) is 31.2 Å². The molecule has 6 heteroatoms. The van der Waals surface area contributed by atoms with Gasteiger partial charge < -0.3 is 9.47 Å². The first-order chi connectivity index (χ1) is 10.2. The SMILES string of the molecule is CCO/C(CC(=O)C(C)(C)C)=N/C(=O)Oc1ccc(Cl)cc1. The van der Waals surface area contributed by atoms with E-state index in [0.717, 1.165) is 0 Å². The molecule has 1 aromatic rings. The molecule has 0 aromatic heterocycles. The van der Waals surface area contributed by atoms with Crippen LogP contribution in [0.5, 0.6) is 5.75 Å². The molecular formula is C16H20ClNO4. The van der Waals surface area contributed by atoms with E-state index in [1.807, 2.05) is 0 Å². The smallest absolute Gasteiger partial charge is 0.442 e. The maximum Gasteiger partial charge on any atom is 0.442 e. The molecule has 0 spiro atoms.